The normalized spacial score (nSPS) is 16.7. The van der Waals surface area contributed by atoms with E-state index >= 15 is 0 Å². The minimum Gasteiger partial charge on any atom is -0.429 e. The molecule has 2 aromatic carbocycles. The molecule has 1 atom stereocenters. The molecule has 0 aromatic heterocycles. The second kappa shape index (κ2) is 10.9. The molecule has 0 saturated heterocycles. The third kappa shape index (κ3) is 5.34. The minimum absolute atomic E-state index is 0.206. The Morgan fingerprint density at radius 3 is 1.70 bits per heavy atom. The van der Waals surface area contributed by atoms with Crippen molar-refractivity contribution in [3.63, 3.8) is 0 Å². The van der Waals surface area contributed by atoms with Gasteiger partial charge in [0.05, 0.1) is 0 Å². The monoisotopic (exact) mass is 440 g/mol. The number of benzene rings is 2. The first-order chi connectivity index (χ1) is 14.6. The van der Waals surface area contributed by atoms with E-state index in [2.05, 4.69) is 88.4 Å². The molecule has 164 valence electrons. The first-order valence-electron chi connectivity index (χ1n) is 12.1. The highest BCUT2D eigenvalue weighted by Gasteiger charge is 2.49. The van der Waals surface area contributed by atoms with Crippen molar-refractivity contribution < 1.29 is 8.54 Å². The molecule has 0 spiro atoms. The quantitative estimate of drug-likeness (QED) is 0.384. The first kappa shape index (κ1) is 23.5. The van der Waals surface area contributed by atoms with Crippen molar-refractivity contribution in [2.75, 3.05) is 0 Å². The highest BCUT2D eigenvalue weighted by atomic mass is 28.4. The Labute approximate surface area is 186 Å². The highest BCUT2D eigenvalue weighted by molar-refractivity contribution is 6.98. The summed E-state index contributed by atoms with van der Waals surface area (Å²) in [6.45, 7) is 9.23. The number of hydrogen-bond acceptors (Lipinski definition) is 2. The molecule has 0 aliphatic heterocycles. The summed E-state index contributed by atoms with van der Waals surface area (Å²) in [5, 5.41) is 2.50. The molecule has 4 heteroatoms. The van der Waals surface area contributed by atoms with Crippen LogP contribution in [0.3, 0.4) is 0 Å². The van der Waals surface area contributed by atoms with Gasteiger partial charge in [-0.25, -0.2) is 0 Å². The lowest BCUT2D eigenvalue weighted by Crippen LogP contribution is -2.68. The smallest absolute Gasteiger partial charge is 0.397 e. The second-order valence-corrected chi connectivity index (χ2v) is 16.9. The number of hydrogen-bond donors (Lipinski definition) is 0. The van der Waals surface area contributed by atoms with Crippen molar-refractivity contribution in [3.05, 3.63) is 60.7 Å². The average Bonchev–Trinajstić information content (AvgIpc) is 3.31. The fraction of sp³-hybridized carbons (Fsp3) is 0.538. The summed E-state index contributed by atoms with van der Waals surface area (Å²) >= 11 is 0. The van der Waals surface area contributed by atoms with E-state index in [9.17, 15) is 0 Å². The van der Waals surface area contributed by atoms with Crippen LogP contribution in [0.15, 0.2) is 60.7 Å². The van der Waals surface area contributed by atoms with Crippen molar-refractivity contribution in [2.24, 2.45) is 5.92 Å². The van der Waals surface area contributed by atoms with Crippen molar-refractivity contribution in [1.82, 2.24) is 0 Å². The fourth-order valence-corrected chi connectivity index (χ4v) is 14.4. The lowest BCUT2D eigenvalue weighted by Gasteiger charge is -2.42. The van der Waals surface area contributed by atoms with Gasteiger partial charge in [0.2, 0.25) is 0 Å². The van der Waals surface area contributed by atoms with Gasteiger partial charge in [-0.05, 0) is 47.8 Å². The molecule has 1 saturated carbocycles. The van der Waals surface area contributed by atoms with Gasteiger partial charge >= 0.3 is 8.56 Å². The Hall–Kier alpha value is -1.21. The molecule has 2 nitrogen and oxygen atoms in total. The van der Waals surface area contributed by atoms with E-state index in [1.165, 1.54) is 36.1 Å². The van der Waals surface area contributed by atoms with Crippen molar-refractivity contribution in [3.8, 4) is 0 Å². The van der Waals surface area contributed by atoms with Crippen LogP contribution in [0.5, 0.6) is 0 Å². The molecule has 0 heterocycles. The summed E-state index contributed by atoms with van der Waals surface area (Å²) in [4.78, 5) is 0. The Balaban J connectivity index is 2.06. The van der Waals surface area contributed by atoms with Crippen LogP contribution >= 0.6 is 0 Å². The molecule has 3 rings (SSSR count). The van der Waals surface area contributed by atoms with Crippen LogP contribution < -0.4 is 10.4 Å². The largest absolute Gasteiger partial charge is 0.429 e. The summed E-state index contributed by atoms with van der Waals surface area (Å²) in [6, 6.07) is 25.1. The lowest BCUT2D eigenvalue weighted by molar-refractivity contribution is 0.152. The SMILES string of the molecule is CC[Si](CC)(CC)O[Si](OC(C)CC1CCCC1)(c1ccccc1)c1ccccc1. The Morgan fingerprint density at radius 2 is 1.27 bits per heavy atom. The van der Waals surface area contributed by atoms with E-state index in [0.29, 0.717) is 0 Å². The molecule has 1 aliphatic rings. The summed E-state index contributed by atoms with van der Waals surface area (Å²) in [6.07, 6.45) is 6.83. The fourth-order valence-electron chi connectivity index (χ4n) is 5.08. The first-order valence-corrected chi connectivity index (χ1v) is 16.4. The molecule has 0 N–H and O–H groups in total. The Bertz CT molecular complexity index is 692. The topological polar surface area (TPSA) is 18.5 Å². The third-order valence-corrected chi connectivity index (χ3v) is 16.8. The maximum absolute atomic E-state index is 7.44. The van der Waals surface area contributed by atoms with Crippen molar-refractivity contribution in [2.45, 2.75) is 84.0 Å². The molecule has 1 aliphatic carbocycles. The van der Waals surface area contributed by atoms with Gasteiger partial charge in [-0.15, -0.1) is 0 Å². The third-order valence-electron chi connectivity index (χ3n) is 7.11. The molecule has 1 unspecified atom stereocenters. The van der Waals surface area contributed by atoms with E-state index < -0.39 is 16.9 Å². The Kier molecular flexibility index (Phi) is 8.52. The van der Waals surface area contributed by atoms with Gasteiger partial charge in [-0.2, -0.15) is 0 Å². The van der Waals surface area contributed by atoms with Gasteiger partial charge in [0.1, 0.15) is 0 Å². The Morgan fingerprint density at radius 1 is 0.800 bits per heavy atom. The molecular formula is C26H40O2Si2. The van der Waals surface area contributed by atoms with Crippen LogP contribution in [0.1, 0.15) is 59.8 Å². The number of rotatable bonds is 11. The maximum atomic E-state index is 7.44. The van der Waals surface area contributed by atoms with Gasteiger partial charge in [-0.3, -0.25) is 0 Å². The van der Waals surface area contributed by atoms with Crippen LogP contribution in [-0.4, -0.2) is 23.0 Å². The van der Waals surface area contributed by atoms with Crippen LogP contribution in [0.2, 0.25) is 18.1 Å². The average molecular weight is 441 g/mol. The van der Waals surface area contributed by atoms with E-state index in [0.717, 1.165) is 30.5 Å². The second-order valence-electron chi connectivity index (χ2n) is 9.01. The zero-order chi connectivity index (χ0) is 21.5. The van der Waals surface area contributed by atoms with Crippen molar-refractivity contribution >= 4 is 27.3 Å². The summed E-state index contributed by atoms with van der Waals surface area (Å²) in [5.41, 5.74) is 0. The predicted octanol–water partition coefficient (Wildman–Crippen LogP) is 6.25. The minimum atomic E-state index is -2.82. The van der Waals surface area contributed by atoms with Gasteiger partial charge in [0.25, 0.3) is 0 Å². The molecule has 1 fully saturated rings. The van der Waals surface area contributed by atoms with Gasteiger partial charge in [0.15, 0.2) is 8.32 Å². The van der Waals surface area contributed by atoms with E-state index in [4.69, 9.17) is 8.54 Å². The van der Waals surface area contributed by atoms with E-state index in [1.807, 2.05) is 0 Å². The van der Waals surface area contributed by atoms with E-state index in [1.54, 1.807) is 0 Å². The van der Waals surface area contributed by atoms with Crippen LogP contribution in [0.25, 0.3) is 0 Å². The van der Waals surface area contributed by atoms with E-state index in [-0.39, 0.29) is 6.10 Å². The maximum Gasteiger partial charge on any atom is 0.397 e. The molecule has 0 radical (unpaired) electrons. The predicted molar refractivity (Wildman–Crippen MR) is 133 cm³/mol. The molecule has 30 heavy (non-hydrogen) atoms. The van der Waals surface area contributed by atoms with Crippen LogP contribution in [-0.2, 0) is 8.54 Å². The van der Waals surface area contributed by atoms with Gasteiger partial charge in [0, 0.05) is 6.10 Å². The van der Waals surface area contributed by atoms with Crippen molar-refractivity contribution in [1.29, 1.82) is 0 Å². The zero-order valence-electron chi connectivity index (χ0n) is 19.4. The van der Waals surface area contributed by atoms with Gasteiger partial charge < -0.3 is 8.54 Å². The van der Waals surface area contributed by atoms with Crippen LogP contribution in [0.4, 0.5) is 0 Å². The zero-order valence-corrected chi connectivity index (χ0v) is 21.4. The molecule has 0 amide bonds. The molecular weight excluding hydrogens is 400 g/mol. The lowest BCUT2D eigenvalue weighted by atomic mass is 10.0. The molecule has 2 aromatic rings. The standard InChI is InChI=1S/C26H40O2Si2/c1-5-29(6-2,7-3)28-30(25-18-10-8-11-19-25,26-20-12-9-13-21-26)27-23(4)22-24-16-14-15-17-24/h8-13,18-21,23-24H,5-7,14-17,22H2,1-4H3. The van der Waals surface area contributed by atoms with Crippen LogP contribution in [0, 0.1) is 5.92 Å². The summed E-state index contributed by atoms with van der Waals surface area (Å²) < 4.78 is 14.6. The summed E-state index contributed by atoms with van der Waals surface area (Å²) in [7, 11) is -4.71. The van der Waals surface area contributed by atoms with Gasteiger partial charge in [-0.1, -0.05) is 107 Å². The molecule has 0 bridgehead atoms. The summed E-state index contributed by atoms with van der Waals surface area (Å²) in [5.74, 6) is 0.809. The highest BCUT2D eigenvalue weighted by Crippen LogP contribution is 2.32.